The first-order valence-corrected chi connectivity index (χ1v) is 11.1. The number of hydrogen-bond donors (Lipinski definition) is 0. The van der Waals surface area contributed by atoms with Crippen molar-refractivity contribution in [2.24, 2.45) is 5.92 Å². The predicted molar refractivity (Wildman–Crippen MR) is 119 cm³/mol. The van der Waals surface area contributed by atoms with Crippen LogP contribution in [-0.2, 0) is 16.0 Å². The van der Waals surface area contributed by atoms with E-state index in [1.54, 1.807) is 0 Å². The molecule has 3 unspecified atom stereocenters. The van der Waals surface area contributed by atoms with Gasteiger partial charge in [-0.3, -0.25) is 4.90 Å². The summed E-state index contributed by atoms with van der Waals surface area (Å²) in [6.07, 6.45) is 1.98. The van der Waals surface area contributed by atoms with Gasteiger partial charge in [0.15, 0.2) is 0 Å². The van der Waals surface area contributed by atoms with Crippen molar-refractivity contribution in [3.05, 3.63) is 59.7 Å². The molecule has 0 aromatic heterocycles. The number of nitrogens with zero attached hydrogens (tertiary/aromatic N) is 2. The third kappa shape index (κ3) is 4.37. The molecule has 3 atom stereocenters. The molecule has 30 heavy (non-hydrogen) atoms. The standard InChI is InChI=1S/C25H32N2O3/c1-3-29-22-10-8-21(9-11-22)26-13-15-27(16-14-26)24(19(2)18-28)25-23-7-5-4-6-20(23)12-17-30-25/h4-11,18-19,24-25H,3,12-17H2,1-2H3. The summed E-state index contributed by atoms with van der Waals surface area (Å²) in [5.74, 6) is 0.825. The topological polar surface area (TPSA) is 42.0 Å². The first-order chi connectivity index (χ1) is 14.7. The lowest BCUT2D eigenvalue weighted by Gasteiger charge is -2.45. The van der Waals surface area contributed by atoms with Crippen LogP contribution in [0.1, 0.15) is 31.1 Å². The summed E-state index contributed by atoms with van der Waals surface area (Å²) in [5.41, 5.74) is 3.82. The van der Waals surface area contributed by atoms with E-state index in [1.165, 1.54) is 16.8 Å². The van der Waals surface area contributed by atoms with Crippen molar-refractivity contribution in [1.82, 2.24) is 4.90 Å². The molecule has 0 spiro atoms. The molecule has 2 aliphatic heterocycles. The van der Waals surface area contributed by atoms with Gasteiger partial charge in [-0.2, -0.15) is 0 Å². The van der Waals surface area contributed by atoms with Crippen molar-refractivity contribution in [2.75, 3.05) is 44.3 Å². The zero-order chi connectivity index (χ0) is 20.9. The number of fused-ring (bicyclic) bond motifs is 1. The molecular weight excluding hydrogens is 376 g/mol. The zero-order valence-corrected chi connectivity index (χ0v) is 18.0. The van der Waals surface area contributed by atoms with Crippen molar-refractivity contribution < 1.29 is 14.3 Å². The fourth-order valence-electron chi connectivity index (χ4n) is 4.79. The highest BCUT2D eigenvalue weighted by Gasteiger charge is 2.37. The quantitative estimate of drug-likeness (QED) is 0.653. The number of benzene rings is 2. The predicted octanol–water partition coefficient (Wildman–Crippen LogP) is 3.72. The molecule has 2 aliphatic rings. The molecule has 0 aliphatic carbocycles. The minimum absolute atomic E-state index is 0.0489. The highest BCUT2D eigenvalue weighted by Crippen LogP contribution is 2.35. The molecule has 5 heteroatoms. The molecule has 1 saturated heterocycles. The SMILES string of the molecule is CCOc1ccc(N2CCN(C(C(C)C=O)C3OCCc4ccccc43)CC2)cc1. The summed E-state index contributed by atoms with van der Waals surface area (Å²) in [7, 11) is 0. The number of ether oxygens (including phenoxy) is 2. The number of carbonyl (C=O) groups excluding carboxylic acids is 1. The van der Waals surface area contributed by atoms with Crippen LogP contribution in [0.25, 0.3) is 0 Å². The lowest BCUT2D eigenvalue weighted by molar-refractivity contribution is -0.116. The smallest absolute Gasteiger partial charge is 0.124 e. The normalized spacial score (nSPS) is 21.5. The van der Waals surface area contributed by atoms with Gasteiger partial charge in [-0.15, -0.1) is 0 Å². The second-order valence-corrected chi connectivity index (χ2v) is 8.18. The van der Waals surface area contributed by atoms with E-state index in [2.05, 4.69) is 46.2 Å². The highest BCUT2D eigenvalue weighted by atomic mass is 16.5. The average Bonchev–Trinajstić information content (AvgIpc) is 2.80. The highest BCUT2D eigenvalue weighted by molar-refractivity contribution is 5.55. The molecule has 0 amide bonds. The number of hydrogen-bond acceptors (Lipinski definition) is 5. The summed E-state index contributed by atoms with van der Waals surface area (Å²) in [6.45, 7) is 9.12. The summed E-state index contributed by atoms with van der Waals surface area (Å²) in [4.78, 5) is 16.7. The molecule has 0 bridgehead atoms. The minimum Gasteiger partial charge on any atom is -0.494 e. The Balaban J connectivity index is 1.48. The van der Waals surface area contributed by atoms with E-state index in [1.807, 2.05) is 26.0 Å². The van der Waals surface area contributed by atoms with Gasteiger partial charge in [0, 0.05) is 43.8 Å². The van der Waals surface area contributed by atoms with Crippen molar-refractivity contribution in [3.63, 3.8) is 0 Å². The summed E-state index contributed by atoms with van der Waals surface area (Å²) in [5, 5.41) is 0. The number of piperazine rings is 1. The Labute approximate surface area is 179 Å². The van der Waals surface area contributed by atoms with E-state index in [9.17, 15) is 4.79 Å². The Kier molecular flexibility index (Phi) is 6.70. The monoisotopic (exact) mass is 408 g/mol. The van der Waals surface area contributed by atoms with Gasteiger partial charge in [0.25, 0.3) is 0 Å². The number of carbonyl (C=O) groups is 1. The van der Waals surface area contributed by atoms with Crippen molar-refractivity contribution in [3.8, 4) is 5.75 Å². The first kappa shape index (κ1) is 20.9. The maximum atomic E-state index is 11.8. The minimum atomic E-state index is -0.0850. The molecular formula is C25H32N2O3. The second-order valence-electron chi connectivity index (χ2n) is 8.18. The maximum absolute atomic E-state index is 11.8. The maximum Gasteiger partial charge on any atom is 0.124 e. The van der Waals surface area contributed by atoms with Crippen LogP contribution in [0.15, 0.2) is 48.5 Å². The van der Waals surface area contributed by atoms with Crippen LogP contribution in [0.4, 0.5) is 5.69 Å². The molecule has 0 saturated carbocycles. The second kappa shape index (κ2) is 9.63. The van der Waals surface area contributed by atoms with E-state index in [4.69, 9.17) is 9.47 Å². The van der Waals surface area contributed by atoms with Gasteiger partial charge < -0.3 is 19.2 Å². The van der Waals surface area contributed by atoms with Crippen LogP contribution in [0.5, 0.6) is 5.75 Å². The van der Waals surface area contributed by atoms with Crippen LogP contribution < -0.4 is 9.64 Å². The molecule has 160 valence electrons. The van der Waals surface area contributed by atoms with Crippen LogP contribution in [0, 0.1) is 5.92 Å². The van der Waals surface area contributed by atoms with Gasteiger partial charge in [-0.1, -0.05) is 31.2 Å². The molecule has 0 N–H and O–H groups in total. The molecule has 2 heterocycles. The Hall–Kier alpha value is -2.37. The fourth-order valence-corrected chi connectivity index (χ4v) is 4.79. The van der Waals surface area contributed by atoms with E-state index in [0.29, 0.717) is 6.61 Å². The summed E-state index contributed by atoms with van der Waals surface area (Å²) in [6, 6.07) is 16.9. The van der Waals surface area contributed by atoms with Crippen LogP contribution in [0.2, 0.25) is 0 Å². The van der Waals surface area contributed by atoms with Gasteiger partial charge in [-0.05, 0) is 48.7 Å². The van der Waals surface area contributed by atoms with Gasteiger partial charge >= 0.3 is 0 Å². The third-order valence-electron chi connectivity index (χ3n) is 6.34. The molecule has 0 radical (unpaired) electrons. The van der Waals surface area contributed by atoms with Crippen molar-refractivity contribution in [1.29, 1.82) is 0 Å². The molecule has 2 aromatic carbocycles. The van der Waals surface area contributed by atoms with Crippen LogP contribution >= 0.6 is 0 Å². The lowest BCUT2D eigenvalue weighted by atomic mass is 9.86. The van der Waals surface area contributed by atoms with Crippen LogP contribution in [-0.4, -0.2) is 56.6 Å². The van der Waals surface area contributed by atoms with Gasteiger partial charge in [0.05, 0.1) is 19.3 Å². The molecule has 5 nitrogen and oxygen atoms in total. The van der Waals surface area contributed by atoms with E-state index >= 15 is 0 Å². The van der Waals surface area contributed by atoms with E-state index < -0.39 is 0 Å². The molecule has 1 fully saturated rings. The zero-order valence-electron chi connectivity index (χ0n) is 18.0. The number of rotatable bonds is 7. The Morgan fingerprint density at radius 3 is 2.53 bits per heavy atom. The van der Waals surface area contributed by atoms with Gasteiger partial charge in [0.1, 0.15) is 12.0 Å². The van der Waals surface area contributed by atoms with Gasteiger partial charge in [0.2, 0.25) is 0 Å². The lowest BCUT2D eigenvalue weighted by Crippen LogP contribution is -2.55. The van der Waals surface area contributed by atoms with E-state index in [-0.39, 0.29) is 18.1 Å². The first-order valence-electron chi connectivity index (χ1n) is 11.1. The van der Waals surface area contributed by atoms with Gasteiger partial charge in [-0.25, -0.2) is 0 Å². The fraction of sp³-hybridized carbons (Fsp3) is 0.480. The Morgan fingerprint density at radius 2 is 1.83 bits per heavy atom. The summed E-state index contributed by atoms with van der Waals surface area (Å²) < 4.78 is 11.8. The van der Waals surface area contributed by atoms with Crippen molar-refractivity contribution >= 4 is 12.0 Å². The molecule has 4 rings (SSSR count). The Morgan fingerprint density at radius 1 is 1.10 bits per heavy atom. The summed E-state index contributed by atoms with van der Waals surface area (Å²) >= 11 is 0. The van der Waals surface area contributed by atoms with Crippen LogP contribution in [0.3, 0.4) is 0 Å². The largest absolute Gasteiger partial charge is 0.494 e. The third-order valence-corrected chi connectivity index (χ3v) is 6.34. The number of aldehydes is 1. The average molecular weight is 409 g/mol. The van der Waals surface area contributed by atoms with Crippen molar-refractivity contribution in [2.45, 2.75) is 32.4 Å². The van der Waals surface area contributed by atoms with E-state index in [0.717, 1.165) is 51.2 Å². The number of anilines is 1. The molecule has 2 aromatic rings. The Bertz CT molecular complexity index is 831.